The zero-order chi connectivity index (χ0) is 26.2. The molecule has 2 saturated heterocycles. The highest BCUT2D eigenvalue weighted by molar-refractivity contribution is 7.90. The van der Waals surface area contributed by atoms with E-state index < -0.39 is 46.1 Å². The molecule has 4 heterocycles. The lowest BCUT2D eigenvalue weighted by Gasteiger charge is -2.50. The number of nitrogens with zero attached hydrogens (tertiary/aromatic N) is 5. The Balaban J connectivity index is 1.36. The molecular weight excluding hydrogens is 502 g/mol. The van der Waals surface area contributed by atoms with Crippen LogP contribution in [0.2, 0.25) is 0 Å². The topological polar surface area (TPSA) is 135 Å². The van der Waals surface area contributed by atoms with Crippen LogP contribution in [0.4, 0.5) is 8.78 Å². The van der Waals surface area contributed by atoms with E-state index in [2.05, 4.69) is 30.5 Å². The highest BCUT2D eigenvalue weighted by Crippen LogP contribution is 2.44. The first kappa shape index (κ1) is 25.8. The second-order valence-electron chi connectivity index (χ2n) is 9.53. The van der Waals surface area contributed by atoms with Crippen molar-refractivity contribution in [1.82, 2.24) is 34.8 Å². The summed E-state index contributed by atoms with van der Waals surface area (Å²) in [6.07, 6.45) is 8.73. The Morgan fingerprint density at radius 3 is 2.81 bits per heavy atom. The number of pyridine rings is 1. The fourth-order valence-electron chi connectivity index (χ4n) is 5.30. The van der Waals surface area contributed by atoms with Crippen LogP contribution in [-0.4, -0.2) is 71.8 Å². The summed E-state index contributed by atoms with van der Waals surface area (Å²) in [5.74, 6) is -2.15. The van der Waals surface area contributed by atoms with Crippen molar-refractivity contribution < 1.29 is 18.1 Å². The average Bonchev–Trinajstić information content (AvgIpc) is 3.31. The smallest absolute Gasteiger partial charge is 0.274 e. The minimum atomic E-state index is -1.50. The van der Waals surface area contributed by atoms with Crippen molar-refractivity contribution in [2.24, 2.45) is 11.7 Å². The molecule has 0 radical (unpaired) electrons. The van der Waals surface area contributed by atoms with Gasteiger partial charge in [0.25, 0.3) is 5.91 Å². The van der Waals surface area contributed by atoms with Crippen LogP contribution < -0.4 is 16.4 Å². The normalized spacial score (nSPS) is 30.7. The van der Waals surface area contributed by atoms with Crippen molar-refractivity contribution in [2.45, 2.75) is 36.5 Å². The van der Waals surface area contributed by atoms with Crippen molar-refractivity contribution in [3.05, 3.63) is 77.8 Å². The van der Waals surface area contributed by atoms with Gasteiger partial charge in [0.1, 0.15) is 23.7 Å². The number of amides is 1. The third kappa shape index (κ3) is 5.15. The number of hydrogen-bond acceptors (Lipinski definition) is 9. The van der Waals surface area contributed by atoms with E-state index in [1.54, 1.807) is 23.7 Å². The van der Waals surface area contributed by atoms with Crippen molar-refractivity contribution in [3.8, 4) is 0 Å². The summed E-state index contributed by atoms with van der Waals surface area (Å²) in [6, 6.07) is 1.87. The van der Waals surface area contributed by atoms with Gasteiger partial charge in [-0.1, -0.05) is 4.31 Å². The number of carbonyl (C=O) groups is 1. The van der Waals surface area contributed by atoms with E-state index in [4.69, 9.17) is 5.73 Å². The average molecular weight is 531 g/mol. The van der Waals surface area contributed by atoms with Crippen molar-refractivity contribution in [2.75, 3.05) is 20.1 Å². The fraction of sp³-hybridized carbons (Fsp3) is 0.417. The first-order valence-electron chi connectivity index (χ1n) is 11.9. The van der Waals surface area contributed by atoms with Gasteiger partial charge in [0.2, 0.25) is 0 Å². The minimum Gasteiger partial charge on any atom is -0.597 e. The third-order valence-corrected chi connectivity index (χ3v) is 9.19. The molecule has 1 amide bonds. The Bertz CT molecular complexity index is 1200. The van der Waals surface area contributed by atoms with E-state index in [1.165, 1.54) is 24.5 Å². The second kappa shape index (κ2) is 10.5. The van der Waals surface area contributed by atoms with Gasteiger partial charge in [0, 0.05) is 56.1 Å². The van der Waals surface area contributed by atoms with Gasteiger partial charge in [-0.15, -0.1) is 0 Å². The number of nitrogens with two attached hydrogens (primary N) is 1. The number of halogens is 2. The molecule has 13 heteroatoms. The quantitative estimate of drug-likeness (QED) is 0.483. The summed E-state index contributed by atoms with van der Waals surface area (Å²) in [5.41, 5.74) is 7.71. The van der Waals surface area contributed by atoms with Crippen molar-refractivity contribution in [1.29, 1.82) is 0 Å². The second-order valence-corrected chi connectivity index (χ2v) is 11.4. The van der Waals surface area contributed by atoms with Crippen molar-refractivity contribution >= 4 is 17.3 Å². The molecule has 0 saturated carbocycles. The van der Waals surface area contributed by atoms with Gasteiger partial charge in [0.05, 0.1) is 30.1 Å². The number of aromatic nitrogens is 3. The minimum absolute atomic E-state index is 0.0437. The molecule has 2 aromatic rings. The lowest BCUT2D eigenvalue weighted by atomic mass is 9.81. The largest absolute Gasteiger partial charge is 0.597 e. The predicted octanol–water partition coefficient (Wildman–Crippen LogP) is 0.952. The van der Waals surface area contributed by atoms with Crippen LogP contribution in [0.15, 0.2) is 60.7 Å². The van der Waals surface area contributed by atoms with Gasteiger partial charge >= 0.3 is 0 Å². The van der Waals surface area contributed by atoms with Gasteiger partial charge in [-0.3, -0.25) is 20.7 Å². The number of rotatable bonds is 5. The zero-order valence-electron chi connectivity index (χ0n) is 20.2. The summed E-state index contributed by atoms with van der Waals surface area (Å²) in [7, 11) is 1.69. The van der Waals surface area contributed by atoms with Gasteiger partial charge in [-0.2, -0.15) is 0 Å². The molecule has 1 spiro atoms. The van der Waals surface area contributed by atoms with Gasteiger partial charge in [-0.05, 0) is 30.7 Å². The molecule has 2 aromatic heterocycles. The van der Waals surface area contributed by atoms with E-state index in [1.807, 2.05) is 0 Å². The Morgan fingerprint density at radius 1 is 1.30 bits per heavy atom. The highest BCUT2D eigenvalue weighted by Gasteiger charge is 2.62. The standard InChI is InChI=1S/C24H28F2N8O2S/c1-33-23(27)32-21(24(37(33)36)6-7-34(13-24)12-15-9-28-14-29-10-15)18-8-17(3-4-19(18)26)31-22(35)20-5-2-16(25)11-30-20/h2-5,9-11,14,18,21,23,32H,6-8,12-13,27H2,1H3,(H,31,35)/t18?,21-,23?,24+,37?/m1/s1. The number of carbonyl (C=O) groups excluding carboxylic acids is 1. The SMILES string of the molecule is CN1C(N)N[C@H](C2CC(NC(=O)c3ccc(F)cn3)=CC=C2F)[C@@]2(CCN(Cc3cncnc3)C2)[S+]1[O-]. The third-order valence-electron chi connectivity index (χ3n) is 7.16. The lowest BCUT2D eigenvalue weighted by molar-refractivity contribution is 0.0955. The zero-order valence-corrected chi connectivity index (χ0v) is 21.0. The Morgan fingerprint density at radius 2 is 2.08 bits per heavy atom. The van der Waals surface area contributed by atoms with Crippen molar-refractivity contribution in [3.63, 3.8) is 0 Å². The molecule has 4 N–H and O–H groups in total. The lowest BCUT2D eigenvalue weighted by Crippen LogP contribution is -2.75. The predicted molar refractivity (Wildman–Crippen MR) is 133 cm³/mol. The molecule has 37 heavy (non-hydrogen) atoms. The number of hydrogen-bond donors (Lipinski definition) is 3. The molecule has 3 aliphatic rings. The van der Waals surface area contributed by atoms with E-state index in [-0.39, 0.29) is 17.9 Å². The maximum Gasteiger partial charge on any atom is 0.274 e. The number of likely N-dealkylation sites (tertiary alicyclic amines) is 1. The summed E-state index contributed by atoms with van der Waals surface area (Å²) < 4.78 is 43.1. The molecule has 10 nitrogen and oxygen atoms in total. The number of nitrogens with one attached hydrogen (secondary N) is 2. The molecule has 1 aliphatic carbocycles. The Kier molecular flexibility index (Phi) is 7.34. The first-order chi connectivity index (χ1) is 17.8. The molecule has 5 rings (SSSR count). The summed E-state index contributed by atoms with van der Waals surface area (Å²) in [5, 5.41) is 6.06. The van der Waals surface area contributed by atoms with E-state index in [0.29, 0.717) is 31.8 Å². The van der Waals surface area contributed by atoms with Crippen LogP contribution in [0.25, 0.3) is 0 Å². The van der Waals surface area contributed by atoms with Crippen LogP contribution in [0.5, 0.6) is 0 Å². The van der Waals surface area contributed by atoms with Crippen LogP contribution in [-0.2, 0) is 17.9 Å². The van der Waals surface area contributed by atoms with Crippen LogP contribution >= 0.6 is 0 Å². The van der Waals surface area contributed by atoms with Gasteiger partial charge in [-0.25, -0.2) is 23.7 Å². The highest BCUT2D eigenvalue weighted by atomic mass is 32.2. The number of allylic oxidation sites excluding steroid dienone is 3. The fourth-order valence-corrected chi connectivity index (χ4v) is 7.15. The summed E-state index contributed by atoms with van der Waals surface area (Å²) in [4.78, 5) is 26.7. The monoisotopic (exact) mass is 530 g/mol. The maximum atomic E-state index is 15.4. The molecule has 2 aliphatic heterocycles. The molecule has 2 fully saturated rings. The molecule has 5 atom stereocenters. The summed E-state index contributed by atoms with van der Waals surface area (Å²) >= 11 is -1.50. The van der Waals surface area contributed by atoms with Gasteiger partial charge in [0.15, 0.2) is 11.0 Å². The molecule has 0 bridgehead atoms. The first-order valence-corrected chi connectivity index (χ1v) is 13.0. The van der Waals surface area contributed by atoms with E-state index >= 15 is 4.39 Å². The molecule has 0 aromatic carbocycles. The molecule has 3 unspecified atom stereocenters. The molecule has 196 valence electrons. The Labute approximate surface area is 216 Å². The van der Waals surface area contributed by atoms with Gasteiger partial charge < -0.3 is 9.87 Å². The Hall–Kier alpha value is -2.81. The van der Waals surface area contributed by atoms with Crippen LogP contribution in [0.1, 0.15) is 28.9 Å². The van der Waals surface area contributed by atoms with Crippen LogP contribution in [0.3, 0.4) is 0 Å². The maximum absolute atomic E-state index is 15.4. The summed E-state index contributed by atoms with van der Waals surface area (Å²) in [6.45, 7) is 1.70. The van der Waals surface area contributed by atoms with E-state index in [9.17, 15) is 13.7 Å². The van der Waals surface area contributed by atoms with Crippen LogP contribution in [0, 0.1) is 11.7 Å². The van der Waals surface area contributed by atoms with E-state index in [0.717, 1.165) is 17.8 Å². The molecular formula is C24H28F2N8O2S.